The smallest absolute Gasteiger partial charge is 0.260 e. The van der Waals surface area contributed by atoms with E-state index in [1.165, 1.54) is 6.20 Å². The molecule has 1 aliphatic carbocycles. The van der Waals surface area contributed by atoms with Crippen LogP contribution >= 0.6 is 0 Å². The Hall–Kier alpha value is -4.20. The first-order chi connectivity index (χ1) is 15.6. The Kier molecular flexibility index (Phi) is 5.03. The fourth-order valence-corrected chi connectivity index (χ4v) is 3.99. The lowest BCUT2D eigenvalue weighted by molar-refractivity contribution is 0.0972. The van der Waals surface area contributed by atoms with Gasteiger partial charge in [-0.05, 0) is 37.1 Å². The Morgan fingerprint density at radius 3 is 2.78 bits per heavy atom. The van der Waals surface area contributed by atoms with Crippen molar-refractivity contribution in [3.63, 3.8) is 0 Å². The molecule has 3 N–H and O–H groups in total. The van der Waals surface area contributed by atoms with Gasteiger partial charge in [-0.25, -0.2) is 4.98 Å². The van der Waals surface area contributed by atoms with Crippen molar-refractivity contribution in [1.29, 1.82) is 0 Å². The third kappa shape index (κ3) is 3.78. The number of carbonyl (C=O) groups is 2. The lowest BCUT2D eigenvalue weighted by Crippen LogP contribution is -2.12. The predicted octanol–water partition coefficient (Wildman–Crippen LogP) is 4.33. The van der Waals surface area contributed by atoms with Gasteiger partial charge in [-0.2, -0.15) is 5.10 Å². The zero-order chi connectivity index (χ0) is 22.1. The molecule has 0 bridgehead atoms. The molecule has 1 aliphatic rings. The Bertz CT molecular complexity index is 1310. The molecule has 0 atom stereocenters. The molecule has 3 aromatic heterocycles. The maximum Gasteiger partial charge on any atom is 0.260 e. The normalized spacial score (nSPS) is 13.0. The SMILES string of the molecule is Cn1cc(C(=O)Nc2cc(-c3[nH]c4c(c3Nc3ccccc3)C(=O)CCC4)ccn2)cn1. The zero-order valence-electron chi connectivity index (χ0n) is 17.6. The van der Waals surface area contributed by atoms with Crippen LogP contribution in [0.3, 0.4) is 0 Å². The minimum Gasteiger partial charge on any atom is -0.356 e. The molecule has 1 aromatic carbocycles. The number of nitrogens with zero attached hydrogens (tertiary/aromatic N) is 3. The topological polar surface area (TPSA) is 105 Å². The molecule has 3 heterocycles. The minimum atomic E-state index is -0.286. The summed E-state index contributed by atoms with van der Waals surface area (Å²) in [6, 6.07) is 13.4. The summed E-state index contributed by atoms with van der Waals surface area (Å²) in [5.41, 5.74) is 5.38. The molecule has 160 valence electrons. The lowest BCUT2D eigenvalue weighted by atomic mass is 9.95. The number of carbonyl (C=O) groups excluding carboxylic acids is 2. The van der Waals surface area contributed by atoms with Crippen LogP contribution in [-0.2, 0) is 13.5 Å². The van der Waals surface area contributed by atoms with Crippen LogP contribution in [0.15, 0.2) is 61.1 Å². The van der Waals surface area contributed by atoms with Crippen molar-refractivity contribution in [1.82, 2.24) is 19.7 Å². The fourth-order valence-electron chi connectivity index (χ4n) is 3.99. The third-order valence-electron chi connectivity index (χ3n) is 5.49. The van der Waals surface area contributed by atoms with E-state index in [2.05, 4.69) is 25.7 Å². The predicted molar refractivity (Wildman–Crippen MR) is 122 cm³/mol. The zero-order valence-corrected chi connectivity index (χ0v) is 17.6. The highest BCUT2D eigenvalue weighted by Crippen LogP contribution is 2.39. The molecule has 8 nitrogen and oxygen atoms in total. The number of pyridine rings is 1. The number of H-pyrrole nitrogens is 1. The van der Waals surface area contributed by atoms with Gasteiger partial charge in [0.25, 0.3) is 5.91 Å². The third-order valence-corrected chi connectivity index (χ3v) is 5.49. The molecule has 4 aromatic rings. The monoisotopic (exact) mass is 426 g/mol. The van der Waals surface area contributed by atoms with Gasteiger partial charge in [-0.1, -0.05) is 18.2 Å². The highest BCUT2D eigenvalue weighted by atomic mass is 16.1. The van der Waals surface area contributed by atoms with E-state index in [9.17, 15) is 9.59 Å². The fraction of sp³-hybridized carbons (Fsp3) is 0.167. The summed E-state index contributed by atoms with van der Waals surface area (Å²) >= 11 is 0. The van der Waals surface area contributed by atoms with Crippen LogP contribution in [0.5, 0.6) is 0 Å². The summed E-state index contributed by atoms with van der Waals surface area (Å²) in [4.78, 5) is 33.0. The van der Waals surface area contributed by atoms with E-state index in [1.54, 1.807) is 30.2 Å². The number of para-hydroxylation sites is 1. The van der Waals surface area contributed by atoms with Gasteiger partial charge in [-0.15, -0.1) is 0 Å². The number of rotatable bonds is 5. The van der Waals surface area contributed by atoms with E-state index in [-0.39, 0.29) is 11.7 Å². The number of anilines is 3. The van der Waals surface area contributed by atoms with Gasteiger partial charge in [-0.3, -0.25) is 14.3 Å². The minimum absolute atomic E-state index is 0.131. The second kappa shape index (κ2) is 8.14. The molecule has 5 rings (SSSR count). The van der Waals surface area contributed by atoms with E-state index in [1.807, 2.05) is 36.4 Å². The van der Waals surface area contributed by atoms with Crippen molar-refractivity contribution in [3.05, 3.63) is 77.9 Å². The Labute approximate surface area is 184 Å². The first-order valence-electron chi connectivity index (χ1n) is 10.4. The quantitative estimate of drug-likeness (QED) is 0.441. The van der Waals surface area contributed by atoms with Crippen molar-refractivity contribution in [2.45, 2.75) is 19.3 Å². The number of fused-ring (bicyclic) bond motifs is 1. The van der Waals surface area contributed by atoms with Crippen LogP contribution in [0.25, 0.3) is 11.3 Å². The molecule has 32 heavy (non-hydrogen) atoms. The molecule has 0 unspecified atom stereocenters. The first-order valence-corrected chi connectivity index (χ1v) is 10.4. The summed E-state index contributed by atoms with van der Waals surface area (Å²) in [7, 11) is 1.76. The number of amides is 1. The van der Waals surface area contributed by atoms with Crippen LogP contribution in [0.2, 0.25) is 0 Å². The number of aryl methyl sites for hydroxylation is 2. The molecule has 0 radical (unpaired) electrons. The van der Waals surface area contributed by atoms with Gasteiger partial charge >= 0.3 is 0 Å². The summed E-state index contributed by atoms with van der Waals surface area (Å²) in [6.45, 7) is 0. The molecule has 8 heteroatoms. The second-order valence-electron chi connectivity index (χ2n) is 7.78. The Balaban J connectivity index is 1.52. The highest BCUT2D eigenvalue weighted by Gasteiger charge is 2.27. The molecule has 1 amide bonds. The Morgan fingerprint density at radius 2 is 2.00 bits per heavy atom. The number of hydrogen-bond acceptors (Lipinski definition) is 5. The van der Waals surface area contributed by atoms with Gasteiger partial charge in [0, 0.05) is 42.8 Å². The van der Waals surface area contributed by atoms with Crippen LogP contribution < -0.4 is 10.6 Å². The van der Waals surface area contributed by atoms with Crippen LogP contribution in [0.1, 0.15) is 39.3 Å². The summed E-state index contributed by atoms with van der Waals surface area (Å²) in [5, 5.41) is 10.3. The van der Waals surface area contributed by atoms with Gasteiger partial charge in [0.2, 0.25) is 0 Å². The number of benzene rings is 1. The number of ketones is 1. The van der Waals surface area contributed by atoms with E-state index in [0.717, 1.165) is 41.2 Å². The van der Waals surface area contributed by atoms with Crippen molar-refractivity contribution in [2.24, 2.45) is 7.05 Å². The van der Waals surface area contributed by atoms with Gasteiger partial charge in [0.15, 0.2) is 5.78 Å². The summed E-state index contributed by atoms with van der Waals surface area (Å²) in [5.74, 6) is 0.263. The largest absolute Gasteiger partial charge is 0.356 e. The molecular formula is C24H22N6O2. The molecule has 0 fully saturated rings. The summed E-state index contributed by atoms with van der Waals surface area (Å²) < 4.78 is 1.57. The number of aromatic amines is 1. The second-order valence-corrected chi connectivity index (χ2v) is 7.78. The molecule has 0 saturated heterocycles. The standard InChI is InChI=1S/C24H22N6O2/c1-30-14-16(13-26-30)24(32)29-20-12-15(10-11-25-20)22-23(27-17-6-3-2-4-7-17)21-18(28-22)8-5-9-19(21)31/h2-4,6-7,10-14,27-28H,5,8-9H2,1H3,(H,25,29,32). The number of aromatic nitrogens is 4. The number of hydrogen-bond donors (Lipinski definition) is 3. The molecule has 0 aliphatic heterocycles. The van der Waals surface area contributed by atoms with Crippen molar-refractivity contribution >= 4 is 28.9 Å². The number of Topliss-reactive ketones (excluding diaryl/α,β-unsaturated/α-hetero) is 1. The van der Waals surface area contributed by atoms with Crippen LogP contribution in [-0.4, -0.2) is 31.4 Å². The Morgan fingerprint density at radius 1 is 1.16 bits per heavy atom. The van der Waals surface area contributed by atoms with Crippen molar-refractivity contribution in [2.75, 3.05) is 10.6 Å². The van der Waals surface area contributed by atoms with E-state index in [4.69, 9.17) is 0 Å². The van der Waals surface area contributed by atoms with Crippen molar-refractivity contribution in [3.8, 4) is 11.3 Å². The molecular weight excluding hydrogens is 404 g/mol. The molecule has 0 saturated carbocycles. The lowest BCUT2D eigenvalue weighted by Gasteiger charge is -2.14. The van der Waals surface area contributed by atoms with Gasteiger partial charge in [0.05, 0.1) is 28.7 Å². The van der Waals surface area contributed by atoms with Gasteiger partial charge in [0.1, 0.15) is 5.82 Å². The number of nitrogens with one attached hydrogen (secondary N) is 3. The van der Waals surface area contributed by atoms with E-state index in [0.29, 0.717) is 23.4 Å². The maximum atomic E-state index is 12.8. The van der Waals surface area contributed by atoms with Gasteiger partial charge < -0.3 is 15.6 Å². The summed E-state index contributed by atoms with van der Waals surface area (Å²) in [6.07, 6.45) is 6.98. The first kappa shape index (κ1) is 19.7. The van der Waals surface area contributed by atoms with E-state index < -0.39 is 0 Å². The van der Waals surface area contributed by atoms with Crippen LogP contribution in [0, 0.1) is 0 Å². The average molecular weight is 426 g/mol. The average Bonchev–Trinajstić information content (AvgIpc) is 3.39. The maximum absolute atomic E-state index is 12.8. The van der Waals surface area contributed by atoms with Crippen molar-refractivity contribution < 1.29 is 9.59 Å². The van der Waals surface area contributed by atoms with E-state index >= 15 is 0 Å². The highest BCUT2D eigenvalue weighted by molar-refractivity contribution is 6.07. The molecule has 0 spiro atoms. The van der Waals surface area contributed by atoms with Crippen LogP contribution in [0.4, 0.5) is 17.2 Å².